The number of rotatable bonds is 14. The van der Waals surface area contributed by atoms with Crippen molar-refractivity contribution >= 4 is 21.8 Å². The smallest absolute Gasteiger partial charge is 0.161 e. The number of aromatic nitrogens is 1. The second kappa shape index (κ2) is 14.2. The van der Waals surface area contributed by atoms with Gasteiger partial charge in [-0.1, -0.05) is 49.4 Å². The maximum Gasteiger partial charge on any atom is 0.161 e. The van der Waals surface area contributed by atoms with Gasteiger partial charge < -0.3 is 24.3 Å². The number of hydrogen-bond acceptors (Lipinski definition) is 6. The number of piperidine rings is 1. The average Bonchev–Trinajstić information content (AvgIpc) is 3.30. The Labute approximate surface area is 243 Å². The fourth-order valence-electron chi connectivity index (χ4n) is 6.05. The van der Waals surface area contributed by atoms with Crippen molar-refractivity contribution in [3.8, 4) is 11.5 Å². The summed E-state index contributed by atoms with van der Waals surface area (Å²) in [5.74, 6) is 2.31. The molecule has 2 heterocycles. The SMILES string of the molecule is COc1cc(CN(CCCO)C[C@H](O)Cn2c3ccccc3c3ccccc32)ccc1OCCN1CCC(C)CC1. The van der Waals surface area contributed by atoms with E-state index >= 15 is 0 Å². The van der Waals surface area contributed by atoms with Crippen molar-refractivity contribution in [2.75, 3.05) is 53.0 Å². The predicted octanol–water partition coefficient (Wildman–Crippen LogP) is 5.16. The van der Waals surface area contributed by atoms with Gasteiger partial charge in [-0.2, -0.15) is 0 Å². The van der Waals surface area contributed by atoms with Crippen LogP contribution in [-0.2, 0) is 13.1 Å². The second-order valence-electron chi connectivity index (χ2n) is 11.5. The molecule has 1 atom stereocenters. The summed E-state index contributed by atoms with van der Waals surface area (Å²) in [4.78, 5) is 4.69. The maximum atomic E-state index is 11.3. The average molecular weight is 560 g/mol. The van der Waals surface area contributed by atoms with Crippen molar-refractivity contribution in [3.63, 3.8) is 0 Å². The number of aliphatic hydroxyl groups excluding tert-OH is 2. The van der Waals surface area contributed by atoms with Crippen molar-refractivity contribution in [2.45, 2.75) is 45.4 Å². The summed E-state index contributed by atoms with van der Waals surface area (Å²) in [6, 6.07) is 22.8. The van der Waals surface area contributed by atoms with Crippen LogP contribution in [0.2, 0.25) is 0 Å². The molecule has 220 valence electrons. The minimum Gasteiger partial charge on any atom is -0.493 e. The van der Waals surface area contributed by atoms with Crippen molar-refractivity contribution in [1.82, 2.24) is 14.4 Å². The second-order valence-corrected chi connectivity index (χ2v) is 11.5. The highest BCUT2D eigenvalue weighted by molar-refractivity contribution is 6.07. The van der Waals surface area contributed by atoms with Crippen molar-refractivity contribution in [3.05, 3.63) is 72.3 Å². The van der Waals surface area contributed by atoms with Crippen molar-refractivity contribution < 1.29 is 19.7 Å². The first-order valence-corrected chi connectivity index (χ1v) is 15.0. The van der Waals surface area contributed by atoms with Gasteiger partial charge in [0.25, 0.3) is 0 Å². The number of benzene rings is 3. The van der Waals surface area contributed by atoms with Gasteiger partial charge in [-0.25, -0.2) is 0 Å². The Morgan fingerprint density at radius 1 is 0.951 bits per heavy atom. The summed E-state index contributed by atoms with van der Waals surface area (Å²) in [6.45, 7) is 8.63. The zero-order valence-electron chi connectivity index (χ0n) is 24.5. The number of likely N-dealkylation sites (tertiary alicyclic amines) is 1. The van der Waals surface area contributed by atoms with Gasteiger partial charge in [0.15, 0.2) is 11.5 Å². The fourth-order valence-corrected chi connectivity index (χ4v) is 6.05. The molecular weight excluding hydrogens is 514 g/mol. The van der Waals surface area contributed by atoms with Crippen LogP contribution >= 0.6 is 0 Å². The van der Waals surface area contributed by atoms with E-state index < -0.39 is 6.10 Å². The standard InChI is InChI=1S/C34H45N3O4/c1-26-14-17-35(18-15-26)19-21-41-33-13-12-27(22-34(33)40-2)23-36(16-7-20-38)24-28(39)25-37-31-10-5-3-8-29(31)30-9-4-6-11-32(30)37/h3-6,8-13,22,26,28,38-39H,7,14-21,23-25H2,1-2H3/t28-/m0/s1. The number of fused-ring (bicyclic) bond motifs is 3. The molecule has 0 unspecified atom stereocenters. The molecule has 0 spiro atoms. The number of para-hydroxylation sites is 2. The number of ether oxygens (including phenoxy) is 2. The molecule has 5 rings (SSSR count). The molecule has 0 saturated carbocycles. The maximum absolute atomic E-state index is 11.3. The van der Waals surface area contributed by atoms with Crippen LogP contribution in [0.3, 0.4) is 0 Å². The van der Waals surface area contributed by atoms with Crippen LogP contribution in [0.25, 0.3) is 21.8 Å². The summed E-state index contributed by atoms with van der Waals surface area (Å²) in [7, 11) is 1.68. The summed E-state index contributed by atoms with van der Waals surface area (Å²) in [5, 5.41) is 23.2. The zero-order chi connectivity index (χ0) is 28.6. The number of aliphatic hydroxyl groups is 2. The van der Waals surface area contributed by atoms with Crippen molar-refractivity contribution in [1.29, 1.82) is 0 Å². The van der Waals surface area contributed by atoms with Gasteiger partial charge in [0.2, 0.25) is 0 Å². The molecule has 0 amide bonds. The van der Waals surface area contributed by atoms with Crippen LogP contribution in [-0.4, -0.2) is 83.7 Å². The minimum atomic E-state index is -0.574. The third-order valence-corrected chi connectivity index (χ3v) is 8.35. The molecule has 1 aliphatic rings. The molecule has 0 aliphatic carbocycles. The van der Waals surface area contributed by atoms with E-state index in [1.807, 2.05) is 24.3 Å². The van der Waals surface area contributed by atoms with Gasteiger partial charge in [-0.3, -0.25) is 9.80 Å². The van der Waals surface area contributed by atoms with E-state index in [1.54, 1.807) is 7.11 Å². The third-order valence-electron chi connectivity index (χ3n) is 8.35. The lowest BCUT2D eigenvalue weighted by molar-refractivity contribution is 0.0921. The number of nitrogens with zero attached hydrogens (tertiary/aromatic N) is 3. The van der Waals surface area contributed by atoms with Crippen LogP contribution in [0.15, 0.2) is 66.7 Å². The lowest BCUT2D eigenvalue weighted by atomic mass is 9.99. The zero-order valence-corrected chi connectivity index (χ0v) is 24.5. The van der Waals surface area contributed by atoms with Gasteiger partial charge in [0, 0.05) is 54.6 Å². The van der Waals surface area contributed by atoms with Gasteiger partial charge >= 0.3 is 0 Å². The molecule has 0 bridgehead atoms. The van der Waals surface area contributed by atoms with Gasteiger partial charge in [-0.05, 0) is 68.1 Å². The number of hydrogen-bond donors (Lipinski definition) is 2. The molecule has 4 aromatic rings. The monoisotopic (exact) mass is 559 g/mol. The Balaban J connectivity index is 1.23. The lowest BCUT2D eigenvalue weighted by Gasteiger charge is -2.30. The van der Waals surface area contributed by atoms with E-state index in [9.17, 15) is 10.2 Å². The van der Waals surface area contributed by atoms with Crippen LogP contribution in [0, 0.1) is 5.92 Å². The van der Waals surface area contributed by atoms with Gasteiger partial charge in [0.1, 0.15) is 6.61 Å². The molecule has 3 aromatic carbocycles. The topological polar surface area (TPSA) is 70.3 Å². The largest absolute Gasteiger partial charge is 0.493 e. The molecular formula is C34H45N3O4. The van der Waals surface area contributed by atoms with Crippen LogP contribution in [0.4, 0.5) is 0 Å². The Morgan fingerprint density at radius 3 is 2.29 bits per heavy atom. The fraction of sp³-hybridized carbons (Fsp3) is 0.471. The first-order valence-electron chi connectivity index (χ1n) is 15.0. The highest BCUT2D eigenvalue weighted by Gasteiger charge is 2.18. The molecule has 1 aromatic heterocycles. The normalized spacial score (nSPS) is 15.6. The molecule has 7 heteroatoms. The summed E-state index contributed by atoms with van der Waals surface area (Å²) in [5.41, 5.74) is 3.34. The molecule has 1 aliphatic heterocycles. The Kier molecular flexibility index (Phi) is 10.2. The van der Waals surface area contributed by atoms with E-state index in [1.165, 1.54) is 23.6 Å². The first kappa shape index (κ1) is 29.4. The highest BCUT2D eigenvalue weighted by Crippen LogP contribution is 2.30. The van der Waals surface area contributed by atoms with Gasteiger partial charge in [-0.15, -0.1) is 0 Å². The molecule has 0 radical (unpaired) electrons. The van der Waals surface area contributed by atoms with Crippen LogP contribution in [0.1, 0.15) is 31.7 Å². The van der Waals surface area contributed by atoms with Crippen LogP contribution < -0.4 is 9.47 Å². The van der Waals surface area contributed by atoms with Crippen LogP contribution in [0.5, 0.6) is 11.5 Å². The molecule has 41 heavy (non-hydrogen) atoms. The van der Waals surface area contributed by atoms with E-state index in [-0.39, 0.29) is 6.61 Å². The Hall–Kier alpha value is -3.10. The molecule has 1 fully saturated rings. The third kappa shape index (κ3) is 7.41. The number of methoxy groups -OCH3 is 1. The molecule has 2 N–H and O–H groups in total. The Morgan fingerprint density at radius 2 is 1.63 bits per heavy atom. The van der Waals surface area contributed by atoms with E-state index in [4.69, 9.17) is 9.47 Å². The minimum absolute atomic E-state index is 0.117. The summed E-state index contributed by atoms with van der Waals surface area (Å²) in [6.07, 6.45) is 2.60. The predicted molar refractivity (Wildman–Crippen MR) is 166 cm³/mol. The highest BCUT2D eigenvalue weighted by atomic mass is 16.5. The quantitative estimate of drug-likeness (QED) is 0.223. The molecule has 7 nitrogen and oxygen atoms in total. The molecule has 1 saturated heterocycles. The Bertz CT molecular complexity index is 1340. The van der Waals surface area contributed by atoms with E-state index in [2.05, 4.69) is 63.8 Å². The van der Waals surface area contributed by atoms with Crippen molar-refractivity contribution in [2.24, 2.45) is 5.92 Å². The van der Waals surface area contributed by atoms with E-state index in [0.717, 1.165) is 53.6 Å². The lowest BCUT2D eigenvalue weighted by Crippen LogP contribution is -2.35. The summed E-state index contributed by atoms with van der Waals surface area (Å²) >= 11 is 0. The summed E-state index contributed by atoms with van der Waals surface area (Å²) < 4.78 is 14.0. The van der Waals surface area contributed by atoms with Gasteiger partial charge in [0.05, 0.1) is 19.8 Å². The van der Waals surface area contributed by atoms with E-state index in [0.29, 0.717) is 39.2 Å². The first-order chi connectivity index (χ1) is 20.1.